The molecule has 48 valence electrons. The van der Waals surface area contributed by atoms with Crippen LogP contribution in [0.25, 0.3) is 0 Å². The van der Waals surface area contributed by atoms with Gasteiger partial charge in [0, 0.05) is 16.3 Å². The molecule has 9 heavy (non-hydrogen) atoms. The monoisotopic (exact) mass is 145 g/mol. The van der Waals surface area contributed by atoms with E-state index in [0.29, 0.717) is 0 Å². The standard InChI is InChI=1S/C5H3FO2S/c6-4-2-9-1-3(4)5(7)8/h1-2H,(H,7,8)/p-1. The third-order valence-electron chi connectivity index (χ3n) is 0.835. The van der Waals surface area contributed by atoms with Gasteiger partial charge in [0.1, 0.15) is 5.82 Å². The van der Waals surface area contributed by atoms with Gasteiger partial charge in [0.25, 0.3) is 0 Å². The number of carboxylic acids is 1. The van der Waals surface area contributed by atoms with Gasteiger partial charge in [-0.1, -0.05) is 0 Å². The Hall–Kier alpha value is -0.900. The molecule has 0 unspecified atom stereocenters. The van der Waals surface area contributed by atoms with Crippen molar-refractivity contribution in [3.8, 4) is 0 Å². The van der Waals surface area contributed by atoms with Gasteiger partial charge >= 0.3 is 0 Å². The fraction of sp³-hybridized carbons (Fsp3) is 0. The van der Waals surface area contributed by atoms with Gasteiger partial charge < -0.3 is 9.90 Å². The third kappa shape index (κ3) is 1.08. The molecule has 1 aromatic rings. The van der Waals surface area contributed by atoms with Gasteiger partial charge in [-0.2, -0.15) is 0 Å². The molecule has 0 fully saturated rings. The van der Waals surface area contributed by atoms with Crippen LogP contribution in [0.1, 0.15) is 10.4 Å². The lowest BCUT2D eigenvalue weighted by atomic mass is 10.3. The minimum atomic E-state index is -1.46. The number of carbonyl (C=O) groups is 1. The Balaban J connectivity index is 3.08. The molecule has 0 saturated heterocycles. The second kappa shape index (κ2) is 2.14. The average molecular weight is 145 g/mol. The number of aromatic carboxylic acids is 1. The lowest BCUT2D eigenvalue weighted by Gasteiger charge is -1.94. The molecule has 0 radical (unpaired) electrons. The van der Waals surface area contributed by atoms with Crippen molar-refractivity contribution in [3.63, 3.8) is 0 Å². The Kier molecular flexibility index (Phi) is 1.48. The highest BCUT2D eigenvalue weighted by Gasteiger charge is 2.01. The van der Waals surface area contributed by atoms with Crippen LogP contribution < -0.4 is 5.11 Å². The van der Waals surface area contributed by atoms with Crippen molar-refractivity contribution in [1.82, 2.24) is 0 Å². The van der Waals surface area contributed by atoms with Crippen LogP contribution in [0.15, 0.2) is 10.8 Å². The van der Waals surface area contributed by atoms with Crippen molar-refractivity contribution in [1.29, 1.82) is 0 Å². The van der Waals surface area contributed by atoms with E-state index in [-0.39, 0.29) is 5.56 Å². The molecule has 1 aromatic heterocycles. The first-order valence-electron chi connectivity index (χ1n) is 2.15. The Bertz CT molecular complexity index is 231. The van der Waals surface area contributed by atoms with E-state index in [1.54, 1.807) is 0 Å². The molecule has 0 bridgehead atoms. The fourth-order valence-electron chi connectivity index (χ4n) is 0.427. The maximum atomic E-state index is 12.2. The molecule has 0 aromatic carbocycles. The quantitative estimate of drug-likeness (QED) is 0.568. The Morgan fingerprint density at radius 2 is 2.33 bits per heavy atom. The van der Waals surface area contributed by atoms with E-state index in [1.165, 1.54) is 5.38 Å². The van der Waals surface area contributed by atoms with E-state index < -0.39 is 11.8 Å². The molecule has 1 rings (SSSR count). The first-order chi connectivity index (χ1) is 4.22. The summed E-state index contributed by atoms with van der Waals surface area (Å²) in [6.07, 6.45) is 0. The van der Waals surface area contributed by atoms with Crippen molar-refractivity contribution in [3.05, 3.63) is 22.1 Å². The summed E-state index contributed by atoms with van der Waals surface area (Å²) < 4.78 is 12.2. The van der Waals surface area contributed by atoms with Crippen LogP contribution in [0.3, 0.4) is 0 Å². The van der Waals surface area contributed by atoms with Crippen molar-refractivity contribution in [2.75, 3.05) is 0 Å². The van der Waals surface area contributed by atoms with E-state index in [4.69, 9.17) is 0 Å². The molecular formula is C5H2FO2S-. The highest BCUT2D eigenvalue weighted by atomic mass is 32.1. The molecule has 4 heteroatoms. The van der Waals surface area contributed by atoms with Gasteiger partial charge in [0.2, 0.25) is 0 Å². The summed E-state index contributed by atoms with van der Waals surface area (Å²) in [5.74, 6) is -2.19. The van der Waals surface area contributed by atoms with Gasteiger partial charge in [-0.05, 0) is 0 Å². The maximum Gasteiger partial charge on any atom is 0.142 e. The zero-order valence-corrected chi connectivity index (χ0v) is 5.07. The van der Waals surface area contributed by atoms with Crippen LogP contribution in [0.4, 0.5) is 4.39 Å². The predicted octanol–water partition coefficient (Wildman–Crippen LogP) is 0.251. The third-order valence-corrected chi connectivity index (χ3v) is 1.55. The number of thiophene rings is 1. The van der Waals surface area contributed by atoms with Gasteiger partial charge in [0.05, 0.1) is 5.97 Å². The van der Waals surface area contributed by atoms with Crippen molar-refractivity contribution < 1.29 is 14.3 Å². The SMILES string of the molecule is O=C([O-])c1cscc1F. The lowest BCUT2D eigenvalue weighted by Crippen LogP contribution is -2.22. The molecule has 0 aliphatic carbocycles. The van der Waals surface area contributed by atoms with Crippen LogP contribution in [0, 0.1) is 5.82 Å². The first-order valence-corrected chi connectivity index (χ1v) is 3.09. The zero-order valence-electron chi connectivity index (χ0n) is 4.26. The first kappa shape index (κ1) is 6.22. The molecular weight excluding hydrogens is 143 g/mol. The summed E-state index contributed by atoms with van der Waals surface area (Å²) in [5.41, 5.74) is -0.361. The van der Waals surface area contributed by atoms with Crippen molar-refractivity contribution >= 4 is 17.3 Å². The molecule has 0 atom stereocenters. The number of halogens is 1. The summed E-state index contributed by atoms with van der Waals surface area (Å²) in [6.45, 7) is 0. The number of rotatable bonds is 1. The number of hydrogen-bond acceptors (Lipinski definition) is 3. The second-order valence-electron chi connectivity index (χ2n) is 1.42. The Morgan fingerprint density at radius 3 is 2.56 bits per heavy atom. The van der Waals surface area contributed by atoms with Crippen LogP contribution in [-0.4, -0.2) is 5.97 Å². The van der Waals surface area contributed by atoms with E-state index in [2.05, 4.69) is 0 Å². The van der Waals surface area contributed by atoms with E-state index in [0.717, 1.165) is 16.7 Å². The minimum absolute atomic E-state index is 0.361. The minimum Gasteiger partial charge on any atom is -0.545 e. The van der Waals surface area contributed by atoms with Crippen LogP contribution >= 0.6 is 11.3 Å². The normalized spacial score (nSPS) is 9.44. The fourth-order valence-corrected chi connectivity index (χ4v) is 1.09. The molecule has 0 saturated carbocycles. The highest BCUT2D eigenvalue weighted by Crippen LogP contribution is 2.10. The van der Waals surface area contributed by atoms with E-state index in [9.17, 15) is 14.3 Å². The molecule has 0 aliphatic rings. The largest absolute Gasteiger partial charge is 0.545 e. The number of hydrogen-bond donors (Lipinski definition) is 0. The zero-order chi connectivity index (χ0) is 6.85. The second-order valence-corrected chi connectivity index (χ2v) is 2.16. The van der Waals surface area contributed by atoms with Crippen LogP contribution in [-0.2, 0) is 0 Å². The Labute approximate surface area is 54.6 Å². The van der Waals surface area contributed by atoms with Gasteiger partial charge in [-0.15, -0.1) is 11.3 Å². The summed E-state index contributed by atoms with van der Waals surface area (Å²) >= 11 is 0.999. The maximum absolute atomic E-state index is 12.2. The van der Waals surface area contributed by atoms with Crippen molar-refractivity contribution in [2.45, 2.75) is 0 Å². The highest BCUT2D eigenvalue weighted by molar-refractivity contribution is 7.08. The van der Waals surface area contributed by atoms with Crippen LogP contribution in [0.2, 0.25) is 0 Å². The van der Waals surface area contributed by atoms with Gasteiger partial charge in [0.15, 0.2) is 0 Å². The summed E-state index contributed by atoms with van der Waals surface area (Å²) in [4.78, 5) is 9.94. The van der Waals surface area contributed by atoms with E-state index in [1.807, 2.05) is 0 Å². The molecule has 1 heterocycles. The summed E-state index contributed by atoms with van der Waals surface area (Å²) in [5, 5.41) is 12.3. The molecule has 0 amide bonds. The van der Waals surface area contributed by atoms with Gasteiger partial charge in [-0.3, -0.25) is 0 Å². The molecule has 2 nitrogen and oxygen atoms in total. The van der Waals surface area contributed by atoms with Crippen LogP contribution in [0.5, 0.6) is 0 Å². The van der Waals surface area contributed by atoms with Gasteiger partial charge in [-0.25, -0.2) is 4.39 Å². The average Bonchev–Trinajstić information content (AvgIpc) is 2.13. The summed E-state index contributed by atoms with van der Waals surface area (Å²) in [7, 11) is 0. The Morgan fingerprint density at radius 1 is 1.67 bits per heavy atom. The predicted molar refractivity (Wildman–Crippen MR) is 28.6 cm³/mol. The lowest BCUT2D eigenvalue weighted by molar-refractivity contribution is -0.255. The smallest absolute Gasteiger partial charge is 0.142 e. The number of carbonyl (C=O) groups excluding carboxylic acids is 1. The topological polar surface area (TPSA) is 40.1 Å². The summed E-state index contributed by atoms with van der Waals surface area (Å²) in [6, 6.07) is 0. The molecule has 0 aliphatic heterocycles. The van der Waals surface area contributed by atoms with E-state index >= 15 is 0 Å². The molecule has 0 N–H and O–H groups in total. The molecule has 0 spiro atoms. The van der Waals surface area contributed by atoms with Crippen molar-refractivity contribution in [2.24, 2.45) is 0 Å². The number of carboxylic acid groups (broad SMARTS) is 1.